The van der Waals surface area contributed by atoms with Crippen molar-refractivity contribution < 1.29 is 0 Å². The zero-order valence-corrected chi connectivity index (χ0v) is 11.9. The number of nitrogens with zero attached hydrogens (tertiary/aromatic N) is 7. The van der Waals surface area contributed by atoms with E-state index in [4.69, 9.17) is 11.6 Å². The molecule has 0 aromatic carbocycles. The Morgan fingerprint density at radius 1 is 1.19 bits per heavy atom. The van der Waals surface area contributed by atoms with Gasteiger partial charge < -0.3 is 5.32 Å². The normalized spacial score (nSPS) is 10.6. The molecule has 0 fully saturated rings. The van der Waals surface area contributed by atoms with E-state index in [1.54, 1.807) is 0 Å². The van der Waals surface area contributed by atoms with Crippen LogP contribution >= 0.6 is 11.6 Å². The summed E-state index contributed by atoms with van der Waals surface area (Å²) in [5, 5.41) is 7.09. The summed E-state index contributed by atoms with van der Waals surface area (Å²) >= 11 is 5.89. The van der Waals surface area contributed by atoms with Crippen molar-refractivity contribution in [1.82, 2.24) is 34.7 Å². The smallest absolute Gasteiger partial charge is 0.258 e. The number of rotatable bonds is 4. The topological polar surface area (TPSA) is 94.3 Å². The minimum absolute atomic E-state index is 0.0789. The van der Waals surface area contributed by atoms with Crippen LogP contribution < -0.4 is 5.32 Å². The molecule has 0 aliphatic rings. The van der Waals surface area contributed by atoms with Crippen LogP contribution in [0.2, 0.25) is 5.28 Å². The number of hydrogen-bond donors (Lipinski definition) is 1. The van der Waals surface area contributed by atoms with E-state index in [1.807, 2.05) is 25.1 Å². The average Bonchev–Trinajstić information content (AvgIpc) is 2.99. The number of hydrogen-bond acceptors (Lipinski definition) is 7. The Labute approximate surface area is 125 Å². The first-order chi connectivity index (χ1) is 10.2. The zero-order valence-electron chi connectivity index (χ0n) is 11.1. The van der Waals surface area contributed by atoms with E-state index in [1.165, 1.54) is 17.3 Å². The lowest BCUT2D eigenvalue weighted by Gasteiger charge is -2.06. The Bertz CT molecular complexity index is 743. The predicted molar refractivity (Wildman–Crippen MR) is 76.1 cm³/mol. The van der Waals surface area contributed by atoms with Gasteiger partial charge in [0.25, 0.3) is 5.95 Å². The third kappa shape index (κ3) is 3.29. The molecule has 0 saturated heterocycles. The van der Waals surface area contributed by atoms with Crippen molar-refractivity contribution in [1.29, 1.82) is 0 Å². The largest absolute Gasteiger partial charge is 0.348 e. The van der Waals surface area contributed by atoms with E-state index < -0.39 is 0 Å². The van der Waals surface area contributed by atoms with Crippen molar-refractivity contribution in [2.45, 2.75) is 13.5 Å². The summed E-state index contributed by atoms with van der Waals surface area (Å²) in [6.45, 7) is 2.42. The van der Waals surface area contributed by atoms with Gasteiger partial charge in [0.2, 0.25) is 11.2 Å². The molecule has 9 heteroatoms. The van der Waals surface area contributed by atoms with Crippen LogP contribution in [0.15, 0.2) is 30.9 Å². The lowest BCUT2D eigenvalue weighted by atomic mass is 10.3. The van der Waals surface area contributed by atoms with Crippen LogP contribution in [0.3, 0.4) is 0 Å². The SMILES string of the molecule is Cc1cccc(CNc2nc(Cl)nc(-n3cncn3)n2)n1. The van der Waals surface area contributed by atoms with Crippen molar-refractivity contribution in [3.63, 3.8) is 0 Å². The summed E-state index contributed by atoms with van der Waals surface area (Å²) in [4.78, 5) is 20.5. The fourth-order valence-corrected chi connectivity index (χ4v) is 1.86. The minimum Gasteiger partial charge on any atom is -0.348 e. The monoisotopic (exact) mass is 302 g/mol. The molecule has 3 aromatic rings. The van der Waals surface area contributed by atoms with Crippen molar-refractivity contribution in [2.75, 3.05) is 5.32 Å². The minimum atomic E-state index is 0.0789. The first-order valence-corrected chi connectivity index (χ1v) is 6.51. The standard InChI is InChI=1S/C12H11ClN8/c1-8-3-2-4-9(17-8)5-15-11-18-10(13)19-12(20-11)21-7-14-6-16-21/h2-4,6-7H,5H2,1H3,(H,15,18,19,20). The van der Waals surface area contributed by atoms with Crippen molar-refractivity contribution in [3.8, 4) is 5.95 Å². The lowest BCUT2D eigenvalue weighted by molar-refractivity contribution is 0.792. The van der Waals surface area contributed by atoms with Gasteiger partial charge in [-0.3, -0.25) is 4.98 Å². The molecule has 0 aliphatic carbocycles. The molecule has 3 aromatic heterocycles. The number of anilines is 1. The van der Waals surface area contributed by atoms with Crippen molar-refractivity contribution >= 4 is 17.5 Å². The Morgan fingerprint density at radius 3 is 2.86 bits per heavy atom. The van der Waals surface area contributed by atoms with Gasteiger partial charge in [-0.1, -0.05) is 6.07 Å². The Hall–Kier alpha value is -2.61. The second-order valence-electron chi connectivity index (χ2n) is 4.19. The highest BCUT2D eigenvalue weighted by molar-refractivity contribution is 6.28. The molecule has 0 bridgehead atoms. The van der Waals surface area contributed by atoms with Gasteiger partial charge >= 0.3 is 0 Å². The Morgan fingerprint density at radius 2 is 2.10 bits per heavy atom. The molecule has 1 N–H and O–H groups in total. The van der Waals surface area contributed by atoms with E-state index >= 15 is 0 Å². The molecule has 21 heavy (non-hydrogen) atoms. The van der Waals surface area contributed by atoms with Gasteiger partial charge in [0, 0.05) is 5.69 Å². The molecule has 8 nitrogen and oxygen atoms in total. The summed E-state index contributed by atoms with van der Waals surface area (Å²) in [7, 11) is 0. The number of halogens is 1. The van der Waals surface area contributed by atoms with Crippen molar-refractivity contribution in [2.24, 2.45) is 0 Å². The van der Waals surface area contributed by atoms with Crippen LogP contribution in [-0.2, 0) is 6.54 Å². The van der Waals surface area contributed by atoms with Gasteiger partial charge in [0.05, 0.1) is 12.2 Å². The van der Waals surface area contributed by atoms with Crippen LogP contribution in [0, 0.1) is 6.92 Å². The maximum absolute atomic E-state index is 5.89. The Kier molecular flexibility index (Phi) is 3.69. The molecular formula is C12H11ClN8. The summed E-state index contributed by atoms with van der Waals surface area (Å²) in [5.74, 6) is 0.649. The number of aromatic nitrogens is 7. The third-order valence-corrected chi connectivity index (χ3v) is 2.76. The fraction of sp³-hybridized carbons (Fsp3) is 0.167. The van der Waals surface area contributed by atoms with Gasteiger partial charge in [0.1, 0.15) is 12.7 Å². The van der Waals surface area contributed by atoms with Gasteiger partial charge in [0.15, 0.2) is 0 Å². The van der Waals surface area contributed by atoms with E-state index in [0.29, 0.717) is 18.4 Å². The number of nitrogens with one attached hydrogen (secondary N) is 1. The van der Waals surface area contributed by atoms with Crippen LogP contribution in [0.4, 0.5) is 5.95 Å². The van der Waals surface area contributed by atoms with Crippen LogP contribution in [-0.4, -0.2) is 34.7 Å². The second-order valence-corrected chi connectivity index (χ2v) is 4.53. The quantitative estimate of drug-likeness (QED) is 0.778. The Balaban J connectivity index is 1.79. The van der Waals surface area contributed by atoms with Gasteiger partial charge in [-0.05, 0) is 30.7 Å². The van der Waals surface area contributed by atoms with Gasteiger partial charge in [-0.25, -0.2) is 4.98 Å². The average molecular weight is 303 g/mol. The van der Waals surface area contributed by atoms with Gasteiger partial charge in [-0.15, -0.1) is 0 Å². The highest BCUT2D eigenvalue weighted by Gasteiger charge is 2.07. The third-order valence-electron chi connectivity index (χ3n) is 2.59. The first kappa shape index (κ1) is 13.4. The summed E-state index contributed by atoms with van der Waals surface area (Å²) in [6, 6.07) is 5.80. The second kappa shape index (κ2) is 5.80. The first-order valence-electron chi connectivity index (χ1n) is 6.14. The van der Waals surface area contributed by atoms with Crippen LogP contribution in [0.1, 0.15) is 11.4 Å². The molecule has 0 radical (unpaired) electrons. The zero-order chi connectivity index (χ0) is 14.7. The van der Waals surface area contributed by atoms with Crippen molar-refractivity contribution in [3.05, 3.63) is 47.5 Å². The van der Waals surface area contributed by atoms with E-state index in [-0.39, 0.29) is 5.28 Å². The maximum Gasteiger partial charge on any atom is 0.258 e. The molecule has 3 rings (SSSR count). The number of pyridine rings is 1. The molecule has 0 saturated carbocycles. The maximum atomic E-state index is 5.89. The van der Waals surface area contributed by atoms with Crippen LogP contribution in [0.25, 0.3) is 5.95 Å². The van der Waals surface area contributed by atoms with Gasteiger partial charge in [-0.2, -0.15) is 24.7 Å². The summed E-state index contributed by atoms with van der Waals surface area (Å²) in [6.07, 6.45) is 2.87. The molecule has 0 spiro atoms. The predicted octanol–water partition coefficient (Wildman–Crippen LogP) is 1.42. The van der Waals surface area contributed by atoms with Crippen LogP contribution in [0.5, 0.6) is 0 Å². The summed E-state index contributed by atoms with van der Waals surface area (Å²) in [5.41, 5.74) is 1.83. The molecule has 106 valence electrons. The number of aryl methyl sites for hydroxylation is 1. The van der Waals surface area contributed by atoms with E-state index in [9.17, 15) is 0 Å². The molecule has 0 amide bonds. The lowest BCUT2D eigenvalue weighted by Crippen LogP contribution is -2.10. The summed E-state index contributed by atoms with van der Waals surface area (Å²) < 4.78 is 1.41. The highest BCUT2D eigenvalue weighted by atomic mass is 35.5. The van der Waals surface area contributed by atoms with E-state index in [2.05, 4.69) is 35.3 Å². The molecular weight excluding hydrogens is 292 g/mol. The fourth-order valence-electron chi connectivity index (χ4n) is 1.70. The molecule has 0 unspecified atom stereocenters. The molecule has 3 heterocycles. The highest BCUT2D eigenvalue weighted by Crippen LogP contribution is 2.09. The molecule has 0 aliphatic heterocycles. The van der Waals surface area contributed by atoms with E-state index in [0.717, 1.165) is 11.4 Å². The molecule has 0 atom stereocenters.